The molecule has 0 saturated carbocycles. The molecule has 0 fully saturated rings. The maximum Gasteiger partial charge on any atom is 0.236 e. The smallest absolute Gasteiger partial charge is 0.236 e. The number of nitrogens with one attached hydrogen (secondary N) is 2. The summed E-state index contributed by atoms with van der Waals surface area (Å²) in [5.74, 6) is 1.22. The van der Waals surface area contributed by atoms with Gasteiger partial charge in [0.1, 0.15) is 6.07 Å². The standard InChI is InChI=1S/C20H17N5O4S/c1-11(2)17(12-6-7-15-16(8-12)29-10-28-15)23-20-19(24-30(27)25-20)22-14-5-3-4-13(9-21)18(14)26/h3-8,17,26H,1,10H2,2H3,(H,22,24)(H,23,25). The van der Waals surface area contributed by atoms with Crippen molar-refractivity contribution in [3.8, 4) is 23.3 Å². The van der Waals surface area contributed by atoms with Crippen LogP contribution >= 0.6 is 11.1 Å². The number of aromatic amines is 1. The van der Waals surface area contributed by atoms with Gasteiger partial charge in [-0.3, -0.25) is 0 Å². The minimum Gasteiger partial charge on any atom is -0.548 e. The lowest BCUT2D eigenvalue weighted by atomic mass is 10.0. The lowest BCUT2D eigenvalue weighted by molar-refractivity contribution is 0.174. The van der Waals surface area contributed by atoms with Crippen LogP contribution in [0.5, 0.6) is 17.2 Å². The van der Waals surface area contributed by atoms with Crippen LogP contribution in [0.25, 0.3) is 0 Å². The molecule has 2 heterocycles. The molecule has 1 aliphatic heterocycles. The van der Waals surface area contributed by atoms with E-state index in [0.29, 0.717) is 11.5 Å². The Balaban J connectivity index is 1.74. The van der Waals surface area contributed by atoms with Crippen molar-refractivity contribution in [1.82, 2.24) is 8.75 Å². The fourth-order valence-corrected chi connectivity index (χ4v) is 3.65. The predicted octanol–water partition coefficient (Wildman–Crippen LogP) is 3.40. The van der Waals surface area contributed by atoms with Crippen molar-refractivity contribution in [1.29, 1.82) is 5.26 Å². The van der Waals surface area contributed by atoms with Gasteiger partial charge >= 0.3 is 0 Å². The number of anilines is 2. The molecule has 0 bridgehead atoms. The van der Waals surface area contributed by atoms with Gasteiger partial charge < -0.3 is 24.4 Å². The minimum absolute atomic E-state index is 0.103. The number of aromatic nitrogens is 2. The van der Waals surface area contributed by atoms with Crippen molar-refractivity contribution in [2.45, 2.75) is 13.0 Å². The number of hydrogen-bond acceptors (Lipinski definition) is 8. The molecule has 30 heavy (non-hydrogen) atoms. The molecule has 1 aliphatic rings. The molecule has 2 atom stereocenters. The van der Waals surface area contributed by atoms with Gasteiger partial charge in [-0.1, -0.05) is 24.3 Å². The molecular weight excluding hydrogens is 406 g/mol. The molecule has 1 aromatic heterocycles. The number of aromatic hydroxyl groups is 1. The van der Waals surface area contributed by atoms with Crippen LogP contribution < -0.4 is 20.3 Å². The summed E-state index contributed by atoms with van der Waals surface area (Å²) in [6, 6.07) is 11.6. The van der Waals surface area contributed by atoms with Crippen molar-refractivity contribution >= 4 is 22.6 Å². The molecule has 0 saturated heterocycles. The summed E-state index contributed by atoms with van der Waals surface area (Å²) >= 11 is -1.73. The Labute approximate surface area is 174 Å². The third-order valence-corrected chi connectivity index (χ3v) is 5.15. The number of ether oxygens (including phenoxy) is 2. The number of nitriles is 1. The third-order valence-electron chi connectivity index (χ3n) is 4.43. The van der Waals surface area contributed by atoms with E-state index in [0.717, 1.165) is 11.1 Å². The van der Waals surface area contributed by atoms with Gasteiger partial charge in [-0.2, -0.15) is 5.26 Å². The normalized spacial score (nSPS) is 14.3. The van der Waals surface area contributed by atoms with Crippen molar-refractivity contribution < 1.29 is 19.1 Å². The number of benzene rings is 2. The van der Waals surface area contributed by atoms with Crippen LogP contribution in [-0.2, 0) is 0 Å². The predicted molar refractivity (Wildman–Crippen MR) is 109 cm³/mol. The quantitative estimate of drug-likeness (QED) is 0.325. The van der Waals surface area contributed by atoms with Crippen LogP contribution in [-0.4, -0.2) is 25.2 Å². The summed E-state index contributed by atoms with van der Waals surface area (Å²) < 4.78 is 29.5. The zero-order valence-electron chi connectivity index (χ0n) is 15.9. The maximum absolute atomic E-state index is 12.0. The van der Waals surface area contributed by atoms with E-state index in [9.17, 15) is 9.66 Å². The van der Waals surface area contributed by atoms with E-state index >= 15 is 0 Å². The molecule has 3 N–H and O–H groups in total. The molecule has 0 radical (unpaired) electrons. The molecule has 2 unspecified atom stereocenters. The first kappa shape index (κ1) is 19.5. The number of H-pyrrole nitrogens is 1. The second-order valence-electron chi connectivity index (χ2n) is 6.57. The monoisotopic (exact) mass is 423 g/mol. The number of phenolic OH excluding ortho intramolecular Hbond substituents is 1. The van der Waals surface area contributed by atoms with Crippen LogP contribution in [0.4, 0.5) is 11.5 Å². The summed E-state index contributed by atoms with van der Waals surface area (Å²) in [5.41, 5.74) is 2.14. The summed E-state index contributed by atoms with van der Waals surface area (Å²) in [5, 5.41) is 22.2. The first-order valence-corrected chi connectivity index (χ1v) is 9.96. The second-order valence-corrected chi connectivity index (χ2v) is 7.45. The Hall–Kier alpha value is -3.81. The Morgan fingerprint density at radius 1 is 1.40 bits per heavy atom. The highest BCUT2D eigenvalue weighted by atomic mass is 32.2. The van der Waals surface area contributed by atoms with Gasteiger partial charge in [0.2, 0.25) is 18.1 Å². The van der Waals surface area contributed by atoms with Crippen molar-refractivity contribution in [2.75, 3.05) is 12.1 Å². The summed E-state index contributed by atoms with van der Waals surface area (Å²) in [6.07, 6.45) is 0. The van der Waals surface area contributed by atoms with Crippen LogP contribution in [0.15, 0.2) is 53.5 Å². The van der Waals surface area contributed by atoms with E-state index in [4.69, 9.17) is 14.7 Å². The lowest BCUT2D eigenvalue weighted by Gasteiger charge is -2.13. The van der Waals surface area contributed by atoms with Gasteiger partial charge in [-0.15, -0.1) is 4.37 Å². The van der Waals surface area contributed by atoms with E-state index in [1.807, 2.05) is 25.1 Å². The van der Waals surface area contributed by atoms with E-state index in [-0.39, 0.29) is 35.1 Å². The number of nitrogens with zero attached hydrogens (tertiary/aromatic N) is 3. The zero-order valence-corrected chi connectivity index (χ0v) is 16.7. The topological polar surface area (TPSA) is 139 Å². The molecular formula is C20H17N5O4S. The molecule has 10 heteroatoms. The molecule has 152 valence electrons. The van der Waals surface area contributed by atoms with E-state index in [1.54, 1.807) is 18.2 Å². The van der Waals surface area contributed by atoms with Gasteiger partial charge in [-0.25, -0.2) is 4.99 Å². The van der Waals surface area contributed by atoms with Crippen LogP contribution in [0, 0.1) is 11.3 Å². The second kappa shape index (κ2) is 7.90. The molecule has 9 nitrogen and oxygen atoms in total. The molecule has 0 spiro atoms. The van der Waals surface area contributed by atoms with Gasteiger partial charge in [0, 0.05) is 4.37 Å². The SMILES string of the molecule is C=C(C)C(N=c1[nH][s+]([O-])nc1Nc1cccc(C#N)c1O)c1ccc2c(c1)OCO2. The Kier molecular flexibility index (Phi) is 5.14. The maximum atomic E-state index is 12.0. The molecule has 0 aliphatic carbocycles. The highest BCUT2D eigenvalue weighted by molar-refractivity contribution is 7.13. The van der Waals surface area contributed by atoms with E-state index in [1.165, 1.54) is 6.07 Å². The van der Waals surface area contributed by atoms with Gasteiger partial charge in [0.25, 0.3) is 0 Å². The number of phenols is 1. The summed E-state index contributed by atoms with van der Waals surface area (Å²) in [6.45, 7) is 6.01. The van der Waals surface area contributed by atoms with E-state index in [2.05, 4.69) is 25.6 Å². The molecule has 4 rings (SSSR count). The lowest BCUT2D eigenvalue weighted by Crippen LogP contribution is -2.12. The summed E-state index contributed by atoms with van der Waals surface area (Å²) in [7, 11) is 0. The van der Waals surface area contributed by atoms with Gasteiger partial charge in [0.15, 0.2) is 28.4 Å². The third kappa shape index (κ3) is 3.71. The number of fused-ring (bicyclic) bond motifs is 1. The van der Waals surface area contributed by atoms with Gasteiger partial charge in [0.05, 0.1) is 17.3 Å². The van der Waals surface area contributed by atoms with Crippen molar-refractivity contribution in [2.24, 2.45) is 4.99 Å². The van der Waals surface area contributed by atoms with Crippen LogP contribution in [0.1, 0.15) is 24.1 Å². The molecule has 0 amide bonds. The highest BCUT2D eigenvalue weighted by Gasteiger charge is 2.20. The first-order valence-electron chi connectivity index (χ1n) is 8.85. The average Bonchev–Trinajstić information content (AvgIpc) is 3.32. The fourth-order valence-electron chi connectivity index (χ4n) is 2.99. The van der Waals surface area contributed by atoms with Gasteiger partial charge in [-0.05, 0) is 36.8 Å². The van der Waals surface area contributed by atoms with Crippen molar-refractivity contribution in [3.05, 3.63) is 65.2 Å². The minimum atomic E-state index is -1.73. The number of rotatable bonds is 5. The fraction of sp³-hybridized carbons (Fsp3) is 0.150. The summed E-state index contributed by atoms with van der Waals surface area (Å²) in [4.78, 5) is 4.65. The molecule has 3 aromatic rings. The first-order chi connectivity index (χ1) is 14.5. The number of hydrogen-bond donors (Lipinski definition) is 3. The van der Waals surface area contributed by atoms with Crippen LogP contribution in [0.2, 0.25) is 0 Å². The largest absolute Gasteiger partial charge is 0.548 e. The Morgan fingerprint density at radius 3 is 2.97 bits per heavy atom. The Bertz CT molecular complexity index is 1240. The van der Waals surface area contributed by atoms with E-state index < -0.39 is 17.2 Å². The Morgan fingerprint density at radius 2 is 2.20 bits per heavy atom. The highest BCUT2D eigenvalue weighted by Crippen LogP contribution is 2.36. The van der Waals surface area contributed by atoms with Crippen molar-refractivity contribution in [3.63, 3.8) is 0 Å². The average molecular weight is 423 g/mol. The number of para-hydroxylation sites is 1. The van der Waals surface area contributed by atoms with Crippen LogP contribution in [0.3, 0.4) is 0 Å². The molecule has 2 aromatic carbocycles. The zero-order chi connectivity index (χ0) is 21.3.